The van der Waals surface area contributed by atoms with Crippen molar-refractivity contribution in [1.29, 1.82) is 0 Å². The van der Waals surface area contributed by atoms with Crippen molar-refractivity contribution in [2.75, 3.05) is 19.9 Å². The molecule has 2 aromatic rings. The fourth-order valence-corrected chi connectivity index (χ4v) is 3.88. The standard InChI is InChI=1S/C21H16F2N2O6S/c22-20(23)31-14-4-2-13(3-5-14)18(26)24-7-8-25-19(27)17(32-21(25)28)10-12-1-6-15-16(9-12)30-11-29-15/h1-6,9-10,20H,7-8,11H2,(H,24,26)/b17-10-. The van der Waals surface area contributed by atoms with Crippen LogP contribution in [0.4, 0.5) is 13.6 Å². The van der Waals surface area contributed by atoms with E-state index in [1.165, 1.54) is 24.3 Å². The van der Waals surface area contributed by atoms with E-state index in [-0.39, 0.29) is 36.1 Å². The van der Waals surface area contributed by atoms with E-state index in [9.17, 15) is 23.2 Å². The molecule has 0 unspecified atom stereocenters. The lowest BCUT2D eigenvalue weighted by Crippen LogP contribution is -2.37. The van der Waals surface area contributed by atoms with Crippen LogP contribution in [0, 0.1) is 0 Å². The molecule has 2 aromatic carbocycles. The summed E-state index contributed by atoms with van der Waals surface area (Å²) in [7, 11) is 0. The molecule has 166 valence electrons. The van der Waals surface area contributed by atoms with Gasteiger partial charge >= 0.3 is 6.61 Å². The van der Waals surface area contributed by atoms with Gasteiger partial charge in [-0.1, -0.05) is 6.07 Å². The largest absolute Gasteiger partial charge is 0.454 e. The zero-order chi connectivity index (χ0) is 22.7. The van der Waals surface area contributed by atoms with Crippen molar-refractivity contribution in [3.05, 3.63) is 58.5 Å². The van der Waals surface area contributed by atoms with E-state index < -0.39 is 23.7 Å². The SMILES string of the molecule is O=C(NCCN1C(=O)S/C(=C\c2ccc3c(c2)OCO3)C1=O)c1ccc(OC(F)F)cc1. The molecule has 4 rings (SSSR count). The maximum atomic E-state index is 12.6. The van der Waals surface area contributed by atoms with E-state index in [0.717, 1.165) is 16.7 Å². The first-order chi connectivity index (χ1) is 15.4. The molecule has 1 N–H and O–H groups in total. The first kappa shape index (κ1) is 21.6. The van der Waals surface area contributed by atoms with Crippen molar-refractivity contribution >= 4 is 34.9 Å². The van der Waals surface area contributed by atoms with Crippen LogP contribution in [-0.2, 0) is 4.79 Å². The smallest absolute Gasteiger partial charge is 0.387 e. The van der Waals surface area contributed by atoms with E-state index in [0.29, 0.717) is 17.1 Å². The second-order valence-electron chi connectivity index (χ2n) is 6.60. The molecule has 11 heteroatoms. The van der Waals surface area contributed by atoms with Crippen LogP contribution in [0.25, 0.3) is 6.08 Å². The number of alkyl halides is 2. The van der Waals surface area contributed by atoms with Gasteiger partial charge in [-0.25, -0.2) is 0 Å². The number of fused-ring (bicyclic) bond motifs is 1. The highest BCUT2D eigenvalue weighted by molar-refractivity contribution is 8.18. The number of carbonyl (C=O) groups is 3. The Morgan fingerprint density at radius 1 is 1.16 bits per heavy atom. The lowest BCUT2D eigenvalue weighted by molar-refractivity contribution is -0.122. The molecule has 2 aliphatic heterocycles. The van der Waals surface area contributed by atoms with Crippen molar-refractivity contribution in [1.82, 2.24) is 10.2 Å². The van der Waals surface area contributed by atoms with Gasteiger partial charge in [-0.15, -0.1) is 0 Å². The molecular weight excluding hydrogens is 446 g/mol. The lowest BCUT2D eigenvalue weighted by Gasteiger charge is -2.13. The molecule has 0 saturated carbocycles. The third-order valence-corrected chi connectivity index (χ3v) is 5.44. The summed E-state index contributed by atoms with van der Waals surface area (Å²) in [6.45, 7) is -2.80. The Bertz CT molecular complexity index is 1090. The molecule has 0 spiro atoms. The molecule has 0 radical (unpaired) electrons. The third-order valence-electron chi connectivity index (χ3n) is 4.53. The molecule has 0 aromatic heterocycles. The number of hydrogen-bond donors (Lipinski definition) is 1. The van der Waals surface area contributed by atoms with Gasteiger partial charge < -0.3 is 19.5 Å². The number of carbonyl (C=O) groups excluding carboxylic acids is 3. The Morgan fingerprint density at radius 3 is 2.66 bits per heavy atom. The molecule has 0 aliphatic carbocycles. The van der Waals surface area contributed by atoms with Crippen LogP contribution in [0.2, 0.25) is 0 Å². The number of rotatable bonds is 7. The van der Waals surface area contributed by atoms with E-state index >= 15 is 0 Å². The molecule has 2 aliphatic rings. The van der Waals surface area contributed by atoms with E-state index in [4.69, 9.17) is 9.47 Å². The molecule has 0 atom stereocenters. The average molecular weight is 462 g/mol. The van der Waals surface area contributed by atoms with Gasteiger partial charge in [0.15, 0.2) is 11.5 Å². The topological polar surface area (TPSA) is 94.2 Å². The molecule has 32 heavy (non-hydrogen) atoms. The van der Waals surface area contributed by atoms with Crippen molar-refractivity contribution in [2.24, 2.45) is 0 Å². The van der Waals surface area contributed by atoms with Gasteiger partial charge in [-0.3, -0.25) is 19.3 Å². The van der Waals surface area contributed by atoms with Crippen molar-refractivity contribution in [3.8, 4) is 17.2 Å². The van der Waals surface area contributed by atoms with Crippen LogP contribution in [0.15, 0.2) is 47.4 Å². The number of imide groups is 1. The van der Waals surface area contributed by atoms with Gasteiger partial charge in [0.05, 0.1) is 4.91 Å². The average Bonchev–Trinajstić information content (AvgIpc) is 3.33. The van der Waals surface area contributed by atoms with Crippen LogP contribution in [0.3, 0.4) is 0 Å². The molecular formula is C21H16F2N2O6S. The molecule has 1 saturated heterocycles. The third kappa shape index (κ3) is 4.83. The minimum absolute atomic E-state index is 0.0124. The first-order valence-electron chi connectivity index (χ1n) is 9.39. The van der Waals surface area contributed by atoms with Gasteiger partial charge in [-0.2, -0.15) is 8.78 Å². The lowest BCUT2D eigenvalue weighted by atomic mass is 10.2. The van der Waals surface area contributed by atoms with E-state index in [1.807, 2.05) is 0 Å². The number of benzene rings is 2. The van der Waals surface area contributed by atoms with Gasteiger partial charge in [-0.05, 0) is 59.8 Å². The predicted octanol–water partition coefficient (Wildman–Crippen LogP) is 3.48. The molecule has 0 bridgehead atoms. The summed E-state index contributed by atoms with van der Waals surface area (Å²) in [5, 5.41) is 2.15. The van der Waals surface area contributed by atoms with Gasteiger partial charge in [0, 0.05) is 18.7 Å². The molecule has 3 amide bonds. The Balaban J connectivity index is 1.32. The zero-order valence-electron chi connectivity index (χ0n) is 16.4. The second kappa shape index (κ2) is 9.27. The van der Waals surface area contributed by atoms with Gasteiger partial charge in [0.25, 0.3) is 17.1 Å². The minimum atomic E-state index is -2.95. The minimum Gasteiger partial charge on any atom is -0.454 e. The summed E-state index contributed by atoms with van der Waals surface area (Å²) in [5.41, 5.74) is 0.913. The molecule has 8 nitrogen and oxygen atoms in total. The maximum Gasteiger partial charge on any atom is 0.387 e. The molecule has 1 fully saturated rings. The molecule has 2 heterocycles. The van der Waals surface area contributed by atoms with Crippen molar-refractivity contribution < 1.29 is 37.4 Å². The van der Waals surface area contributed by atoms with Crippen LogP contribution in [0.1, 0.15) is 15.9 Å². The Labute approximate surface area is 185 Å². The summed E-state index contributed by atoms with van der Waals surface area (Å²) in [6.07, 6.45) is 1.59. The maximum absolute atomic E-state index is 12.6. The fraction of sp³-hybridized carbons (Fsp3) is 0.190. The first-order valence-corrected chi connectivity index (χ1v) is 10.2. The van der Waals surface area contributed by atoms with Crippen molar-refractivity contribution in [2.45, 2.75) is 6.61 Å². The number of halogens is 2. The van der Waals surface area contributed by atoms with Crippen LogP contribution >= 0.6 is 11.8 Å². The number of ether oxygens (including phenoxy) is 3. The fourth-order valence-electron chi connectivity index (χ4n) is 3.02. The summed E-state index contributed by atoms with van der Waals surface area (Å²) >= 11 is 0.810. The highest BCUT2D eigenvalue weighted by Gasteiger charge is 2.34. The highest BCUT2D eigenvalue weighted by Crippen LogP contribution is 2.36. The Kier molecular flexibility index (Phi) is 6.26. The van der Waals surface area contributed by atoms with E-state index in [1.54, 1.807) is 24.3 Å². The second-order valence-corrected chi connectivity index (χ2v) is 7.60. The number of nitrogens with zero attached hydrogens (tertiary/aromatic N) is 1. The monoisotopic (exact) mass is 462 g/mol. The predicted molar refractivity (Wildman–Crippen MR) is 111 cm³/mol. The number of hydrogen-bond acceptors (Lipinski definition) is 7. The number of nitrogens with one attached hydrogen (secondary N) is 1. The number of amides is 3. The quantitative estimate of drug-likeness (QED) is 0.630. The van der Waals surface area contributed by atoms with Crippen LogP contribution < -0.4 is 19.5 Å². The summed E-state index contributed by atoms with van der Waals surface area (Å²) in [5.74, 6) is 0.178. The summed E-state index contributed by atoms with van der Waals surface area (Å²) in [4.78, 5) is 38.3. The van der Waals surface area contributed by atoms with E-state index in [2.05, 4.69) is 10.1 Å². The van der Waals surface area contributed by atoms with Gasteiger partial charge in [0.2, 0.25) is 6.79 Å². The van der Waals surface area contributed by atoms with Crippen LogP contribution in [0.5, 0.6) is 17.2 Å². The summed E-state index contributed by atoms with van der Waals surface area (Å²) in [6, 6.07) is 10.4. The normalized spacial score (nSPS) is 16.2. The summed E-state index contributed by atoms with van der Waals surface area (Å²) < 4.78 is 39.1. The highest BCUT2D eigenvalue weighted by atomic mass is 32.2. The number of thioether (sulfide) groups is 1. The van der Waals surface area contributed by atoms with Crippen LogP contribution in [-0.4, -0.2) is 48.4 Å². The Hall–Kier alpha value is -3.60. The van der Waals surface area contributed by atoms with Crippen molar-refractivity contribution in [3.63, 3.8) is 0 Å². The zero-order valence-corrected chi connectivity index (χ0v) is 17.2. The van der Waals surface area contributed by atoms with Gasteiger partial charge in [0.1, 0.15) is 5.75 Å². The Morgan fingerprint density at radius 2 is 1.91 bits per heavy atom.